The van der Waals surface area contributed by atoms with Gasteiger partial charge in [0.25, 0.3) is 0 Å². The zero-order chi connectivity index (χ0) is 9.56. The van der Waals surface area contributed by atoms with Gasteiger partial charge in [0, 0.05) is 11.4 Å². The Morgan fingerprint density at radius 2 is 2.00 bits per heavy atom. The summed E-state index contributed by atoms with van der Waals surface area (Å²) in [7, 11) is 0. The molecule has 0 unspecified atom stereocenters. The molecule has 68 valence electrons. The molecule has 0 aliphatic carbocycles. The third-order valence-corrected chi connectivity index (χ3v) is 1.33. The van der Waals surface area contributed by atoms with Crippen LogP contribution in [0.1, 0.15) is 20.8 Å². The number of hydrogen-bond acceptors (Lipinski definition) is 2. The zero-order valence-corrected chi connectivity index (χ0v) is 7.90. The Balaban J connectivity index is 4.15. The number of carbonyl (C=O) groups excluding carboxylic acids is 1. The molecule has 0 saturated heterocycles. The number of rotatable bonds is 5. The number of carbonyl (C=O) groups is 1. The number of nitrogens with one attached hydrogen (secondary N) is 2. The van der Waals surface area contributed by atoms with Gasteiger partial charge in [0.1, 0.15) is 0 Å². The van der Waals surface area contributed by atoms with Crippen LogP contribution in [-0.4, -0.2) is 13.0 Å². The predicted octanol–water partition coefficient (Wildman–Crippen LogP) is 1.15. The normalized spacial score (nSPS) is 8.58. The van der Waals surface area contributed by atoms with Crippen molar-refractivity contribution in [2.24, 2.45) is 0 Å². The van der Waals surface area contributed by atoms with Crippen molar-refractivity contribution in [2.75, 3.05) is 6.54 Å². The molecule has 2 N–H and O–H groups in total. The molecule has 0 saturated carbocycles. The first-order chi connectivity index (χ1) is 5.57. The van der Waals surface area contributed by atoms with E-state index in [2.05, 4.69) is 17.2 Å². The lowest BCUT2D eigenvalue weighted by Gasteiger charge is -2.11. The van der Waals surface area contributed by atoms with E-state index in [1.807, 2.05) is 20.8 Å². The summed E-state index contributed by atoms with van der Waals surface area (Å²) in [6.45, 7) is 10.1. The summed E-state index contributed by atoms with van der Waals surface area (Å²) < 4.78 is 0. The highest BCUT2D eigenvalue weighted by atomic mass is 16.1. The largest absolute Gasteiger partial charge is 0.362 e. The van der Waals surface area contributed by atoms with Crippen molar-refractivity contribution in [3.63, 3.8) is 0 Å². The van der Waals surface area contributed by atoms with Crippen molar-refractivity contribution in [2.45, 2.75) is 20.8 Å². The Hall–Kier alpha value is -1.25. The molecule has 0 aliphatic rings. The first-order valence-electron chi connectivity index (χ1n) is 3.84. The van der Waals surface area contributed by atoms with Gasteiger partial charge in [-0.25, -0.2) is 0 Å². The third-order valence-electron chi connectivity index (χ3n) is 1.33. The molecule has 3 nitrogen and oxygen atoms in total. The standard InChI is InChI=1S/C9H16N2O/c1-7(2)9(5-10-6-12)11-8(3)4/h6,11H,3,5H2,1-2,4H3,(H,10,12). The first-order valence-corrected chi connectivity index (χ1v) is 3.84. The summed E-state index contributed by atoms with van der Waals surface area (Å²) >= 11 is 0. The molecule has 0 radical (unpaired) electrons. The highest BCUT2D eigenvalue weighted by Gasteiger charge is 1.97. The second-order valence-corrected chi connectivity index (χ2v) is 2.88. The Bertz CT molecular complexity index is 203. The fourth-order valence-corrected chi connectivity index (χ4v) is 0.747. The van der Waals surface area contributed by atoms with Gasteiger partial charge in [0.15, 0.2) is 0 Å². The maximum absolute atomic E-state index is 10.0. The van der Waals surface area contributed by atoms with Gasteiger partial charge in [0.2, 0.25) is 6.41 Å². The molecular formula is C9H16N2O. The van der Waals surface area contributed by atoms with Gasteiger partial charge in [0.05, 0.1) is 6.54 Å². The van der Waals surface area contributed by atoms with Crippen molar-refractivity contribution >= 4 is 6.41 Å². The van der Waals surface area contributed by atoms with Crippen LogP contribution in [-0.2, 0) is 4.79 Å². The van der Waals surface area contributed by atoms with Gasteiger partial charge in [-0.15, -0.1) is 0 Å². The molecular weight excluding hydrogens is 152 g/mol. The second-order valence-electron chi connectivity index (χ2n) is 2.88. The van der Waals surface area contributed by atoms with E-state index in [0.29, 0.717) is 13.0 Å². The minimum atomic E-state index is 0.526. The van der Waals surface area contributed by atoms with Crippen molar-refractivity contribution in [3.8, 4) is 0 Å². The Labute approximate surface area is 73.5 Å². The van der Waals surface area contributed by atoms with Crippen molar-refractivity contribution < 1.29 is 4.79 Å². The first kappa shape index (κ1) is 10.8. The molecule has 0 aromatic carbocycles. The summed E-state index contributed by atoms with van der Waals surface area (Å²) in [5, 5.41) is 5.67. The predicted molar refractivity (Wildman–Crippen MR) is 50.4 cm³/mol. The Morgan fingerprint density at radius 3 is 2.33 bits per heavy atom. The van der Waals surface area contributed by atoms with E-state index >= 15 is 0 Å². The summed E-state index contributed by atoms with van der Waals surface area (Å²) in [6.07, 6.45) is 0.684. The summed E-state index contributed by atoms with van der Waals surface area (Å²) in [5.74, 6) is 0. The molecule has 0 aliphatic heterocycles. The van der Waals surface area contributed by atoms with E-state index in [0.717, 1.165) is 17.0 Å². The van der Waals surface area contributed by atoms with Gasteiger partial charge >= 0.3 is 0 Å². The molecule has 0 heterocycles. The van der Waals surface area contributed by atoms with Gasteiger partial charge < -0.3 is 10.6 Å². The van der Waals surface area contributed by atoms with Crippen molar-refractivity contribution in [1.29, 1.82) is 0 Å². The fraction of sp³-hybridized carbons (Fsp3) is 0.444. The van der Waals surface area contributed by atoms with Crippen LogP contribution in [0.5, 0.6) is 0 Å². The van der Waals surface area contributed by atoms with E-state index in [-0.39, 0.29) is 0 Å². The molecule has 3 heteroatoms. The van der Waals surface area contributed by atoms with Crippen LogP contribution in [0.25, 0.3) is 0 Å². The minimum absolute atomic E-state index is 0.526. The van der Waals surface area contributed by atoms with Crippen LogP contribution in [0.15, 0.2) is 23.5 Å². The van der Waals surface area contributed by atoms with E-state index < -0.39 is 0 Å². The van der Waals surface area contributed by atoms with E-state index in [1.165, 1.54) is 0 Å². The zero-order valence-electron chi connectivity index (χ0n) is 7.90. The summed E-state index contributed by atoms with van der Waals surface area (Å²) in [6, 6.07) is 0. The quantitative estimate of drug-likeness (QED) is 0.605. The molecule has 0 fully saturated rings. The van der Waals surface area contributed by atoms with Gasteiger partial charge in [-0.1, -0.05) is 12.2 Å². The SMILES string of the molecule is C=C(C)NC(CNC=O)=C(C)C. The molecule has 12 heavy (non-hydrogen) atoms. The lowest BCUT2D eigenvalue weighted by atomic mass is 10.2. The van der Waals surface area contributed by atoms with Crippen LogP contribution in [0.4, 0.5) is 0 Å². The highest BCUT2D eigenvalue weighted by Crippen LogP contribution is 1.99. The molecule has 0 spiro atoms. The molecule has 0 aromatic heterocycles. The minimum Gasteiger partial charge on any atom is -0.362 e. The van der Waals surface area contributed by atoms with Gasteiger partial charge in [-0.05, 0) is 20.8 Å². The molecule has 0 atom stereocenters. The average Bonchev–Trinajstić information content (AvgIpc) is 1.96. The molecule has 1 amide bonds. The average molecular weight is 168 g/mol. The van der Waals surface area contributed by atoms with Crippen molar-refractivity contribution in [1.82, 2.24) is 10.6 Å². The van der Waals surface area contributed by atoms with Crippen LogP contribution in [0.3, 0.4) is 0 Å². The fourth-order valence-electron chi connectivity index (χ4n) is 0.747. The van der Waals surface area contributed by atoms with Crippen LogP contribution in [0, 0.1) is 0 Å². The lowest BCUT2D eigenvalue weighted by Crippen LogP contribution is -2.24. The molecule has 0 rings (SSSR count). The van der Waals surface area contributed by atoms with E-state index in [1.54, 1.807) is 0 Å². The maximum atomic E-state index is 10.0. The van der Waals surface area contributed by atoms with Crippen LogP contribution < -0.4 is 10.6 Å². The van der Waals surface area contributed by atoms with Crippen LogP contribution in [0.2, 0.25) is 0 Å². The van der Waals surface area contributed by atoms with E-state index in [4.69, 9.17) is 0 Å². The number of amides is 1. The van der Waals surface area contributed by atoms with Crippen molar-refractivity contribution in [3.05, 3.63) is 23.5 Å². The lowest BCUT2D eigenvalue weighted by molar-refractivity contribution is -0.109. The molecule has 0 bridgehead atoms. The Kier molecular flexibility index (Phi) is 4.84. The van der Waals surface area contributed by atoms with Crippen LogP contribution >= 0.6 is 0 Å². The number of hydrogen-bond donors (Lipinski definition) is 2. The molecule has 0 aromatic rings. The highest BCUT2D eigenvalue weighted by molar-refractivity contribution is 5.46. The maximum Gasteiger partial charge on any atom is 0.207 e. The van der Waals surface area contributed by atoms with Gasteiger partial charge in [-0.3, -0.25) is 4.79 Å². The van der Waals surface area contributed by atoms with Gasteiger partial charge in [-0.2, -0.15) is 0 Å². The second kappa shape index (κ2) is 5.41. The third kappa shape index (κ3) is 4.55. The smallest absolute Gasteiger partial charge is 0.207 e. The number of allylic oxidation sites excluding steroid dienone is 2. The summed E-state index contributed by atoms with van der Waals surface area (Å²) in [5.41, 5.74) is 3.01. The summed E-state index contributed by atoms with van der Waals surface area (Å²) in [4.78, 5) is 10.0. The topological polar surface area (TPSA) is 41.1 Å². The Morgan fingerprint density at radius 1 is 1.42 bits per heavy atom. The monoisotopic (exact) mass is 168 g/mol. The van der Waals surface area contributed by atoms with E-state index in [9.17, 15) is 4.79 Å².